The number of nitrogens with zero attached hydrogens (tertiary/aromatic N) is 1. The van der Waals surface area contributed by atoms with Crippen LogP contribution in [-0.2, 0) is 11.2 Å². The van der Waals surface area contributed by atoms with Gasteiger partial charge in [-0.1, -0.05) is 22.0 Å². The van der Waals surface area contributed by atoms with E-state index in [9.17, 15) is 4.39 Å². The van der Waals surface area contributed by atoms with Crippen molar-refractivity contribution in [2.24, 2.45) is 0 Å². The van der Waals surface area contributed by atoms with Gasteiger partial charge in [-0.25, -0.2) is 13.2 Å². The first-order valence-electron chi connectivity index (χ1n) is 11.9. The highest BCUT2D eigenvalue weighted by atomic mass is 79.9. The number of rotatable bonds is 6. The Morgan fingerprint density at radius 1 is 1.24 bits per heavy atom. The molecule has 0 radical (unpaired) electrons. The number of halogens is 4. The molecule has 3 aliphatic rings. The second kappa shape index (κ2) is 9.28. The molecule has 182 valence electrons. The lowest BCUT2D eigenvalue weighted by molar-refractivity contribution is 0.0343. The van der Waals surface area contributed by atoms with Gasteiger partial charge in [0, 0.05) is 46.7 Å². The molecule has 34 heavy (non-hydrogen) atoms. The summed E-state index contributed by atoms with van der Waals surface area (Å²) in [7, 11) is 0. The van der Waals surface area contributed by atoms with E-state index in [1.165, 1.54) is 18.3 Å². The molecule has 1 saturated heterocycles. The normalized spacial score (nSPS) is 26.1. The number of nitrogens with one attached hydrogen (secondary N) is 2. The quantitative estimate of drug-likeness (QED) is 0.415. The molecular weight excluding hydrogens is 507 g/mol. The van der Waals surface area contributed by atoms with Gasteiger partial charge in [-0.05, 0) is 74.8 Å². The lowest BCUT2D eigenvalue weighted by Gasteiger charge is -2.44. The smallest absolute Gasteiger partial charge is 0.132 e. The fraction of sp³-hybridized carbons (Fsp3) is 0.500. The van der Waals surface area contributed by atoms with Crippen LogP contribution in [0.2, 0.25) is 0 Å². The van der Waals surface area contributed by atoms with Gasteiger partial charge in [0.05, 0.1) is 6.04 Å². The van der Waals surface area contributed by atoms with Gasteiger partial charge in [0.25, 0.3) is 0 Å². The van der Waals surface area contributed by atoms with Gasteiger partial charge < -0.3 is 15.5 Å². The Morgan fingerprint density at radius 3 is 2.59 bits per heavy atom. The lowest BCUT2D eigenvalue weighted by atomic mass is 9.81. The summed E-state index contributed by atoms with van der Waals surface area (Å²) in [5, 5.41) is 11.6. The summed E-state index contributed by atoms with van der Waals surface area (Å²) < 4.78 is 51.6. The Bertz CT molecular complexity index is 1080. The number of ether oxygens (including phenoxy) is 1. The van der Waals surface area contributed by atoms with Crippen molar-refractivity contribution >= 4 is 27.8 Å². The first-order valence-corrected chi connectivity index (χ1v) is 12.7. The standard InChI is InChI=1S/C26H29BrF3N3O/c1-15-10-18-17(5-6-22(19(18)13-31)32-23-4-2-3-9-34-23)25(33(15)14-26(30)7-8-26)24-20(28)11-16(27)12-21(24)29/h5-6,11-13,15,23,25,31-32H,2-4,7-10,14H2,1H3/t15-,23?,25?/m1/s1. The van der Waals surface area contributed by atoms with Crippen molar-refractivity contribution in [3.63, 3.8) is 0 Å². The van der Waals surface area contributed by atoms with Crippen LogP contribution in [0.15, 0.2) is 28.7 Å². The van der Waals surface area contributed by atoms with Crippen LogP contribution in [0.5, 0.6) is 0 Å². The summed E-state index contributed by atoms with van der Waals surface area (Å²) in [6, 6.07) is 5.30. The predicted octanol–water partition coefficient (Wildman–Crippen LogP) is 6.50. The van der Waals surface area contributed by atoms with E-state index in [0.29, 0.717) is 35.9 Å². The SMILES string of the molecule is C[C@@H]1Cc2c(ccc(NC3CCCCO3)c2C=N)C(c2c(F)cc(Br)cc2F)N1CC1(F)CC1. The molecule has 4 nitrogen and oxygen atoms in total. The second-order valence-corrected chi connectivity index (χ2v) is 10.7. The second-order valence-electron chi connectivity index (χ2n) is 9.80. The van der Waals surface area contributed by atoms with Crippen molar-refractivity contribution in [1.82, 2.24) is 4.90 Å². The minimum Gasteiger partial charge on any atom is -0.360 e. The molecule has 1 saturated carbocycles. The van der Waals surface area contributed by atoms with Crippen molar-refractivity contribution in [3.05, 3.63) is 62.6 Å². The van der Waals surface area contributed by atoms with Crippen molar-refractivity contribution in [2.75, 3.05) is 18.5 Å². The summed E-state index contributed by atoms with van der Waals surface area (Å²) in [6.07, 6.45) is 5.67. The molecular formula is C26H29BrF3N3O. The average Bonchev–Trinajstić information content (AvgIpc) is 3.52. The highest BCUT2D eigenvalue weighted by Crippen LogP contribution is 2.47. The van der Waals surface area contributed by atoms with E-state index in [-0.39, 0.29) is 24.4 Å². The third kappa shape index (κ3) is 4.52. The van der Waals surface area contributed by atoms with Crippen LogP contribution in [0.1, 0.15) is 67.3 Å². The molecule has 2 aromatic rings. The minimum absolute atomic E-state index is 0.0764. The summed E-state index contributed by atoms with van der Waals surface area (Å²) in [5.41, 5.74) is 1.68. The Hall–Kier alpha value is -1.90. The molecule has 2 aliphatic heterocycles. The van der Waals surface area contributed by atoms with Gasteiger partial charge in [-0.3, -0.25) is 4.90 Å². The zero-order valence-electron chi connectivity index (χ0n) is 19.1. The molecule has 0 amide bonds. The van der Waals surface area contributed by atoms with Crippen LogP contribution >= 0.6 is 15.9 Å². The molecule has 0 bridgehead atoms. The first-order chi connectivity index (χ1) is 16.3. The summed E-state index contributed by atoms with van der Waals surface area (Å²) in [5.74, 6) is -1.33. The third-order valence-electron chi connectivity index (χ3n) is 7.30. The number of fused-ring (bicyclic) bond motifs is 1. The Kier molecular flexibility index (Phi) is 6.50. The van der Waals surface area contributed by atoms with Crippen LogP contribution in [0.3, 0.4) is 0 Å². The Labute approximate surface area is 206 Å². The molecule has 1 aliphatic carbocycles. The van der Waals surface area contributed by atoms with Crippen LogP contribution in [0.4, 0.5) is 18.9 Å². The van der Waals surface area contributed by atoms with Crippen molar-refractivity contribution in [2.45, 2.75) is 69.4 Å². The van der Waals surface area contributed by atoms with E-state index in [4.69, 9.17) is 10.1 Å². The van der Waals surface area contributed by atoms with Crippen LogP contribution < -0.4 is 5.32 Å². The van der Waals surface area contributed by atoms with Crippen LogP contribution in [0, 0.1) is 17.0 Å². The molecule has 2 fully saturated rings. The fourth-order valence-electron chi connectivity index (χ4n) is 5.33. The Morgan fingerprint density at radius 2 is 1.97 bits per heavy atom. The van der Waals surface area contributed by atoms with E-state index < -0.39 is 23.3 Å². The summed E-state index contributed by atoms with van der Waals surface area (Å²) in [6.45, 7) is 2.79. The molecule has 2 N–H and O–H groups in total. The molecule has 0 spiro atoms. The average molecular weight is 536 g/mol. The van der Waals surface area contributed by atoms with E-state index in [0.717, 1.165) is 36.1 Å². The maximum atomic E-state index is 15.2. The van der Waals surface area contributed by atoms with E-state index in [2.05, 4.69) is 21.2 Å². The van der Waals surface area contributed by atoms with Crippen LogP contribution in [0.25, 0.3) is 0 Å². The monoisotopic (exact) mass is 535 g/mol. The molecule has 2 heterocycles. The van der Waals surface area contributed by atoms with Crippen LogP contribution in [-0.4, -0.2) is 42.2 Å². The van der Waals surface area contributed by atoms with Gasteiger partial charge >= 0.3 is 0 Å². The number of hydrogen-bond acceptors (Lipinski definition) is 4. The highest BCUT2D eigenvalue weighted by molar-refractivity contribution is 9.10. The van der Waals surface area contributed by atoms with E-state index in [1.54, 1.807) is 0 Å². The minimum atomic E-state index is -1.31. The van der Waals surface area contributed by atoms with Crippen molar-refractivity contribution in [3.8, 4) is 0 Å². The summed E-state index contributed by atoms with van der Waals surface area (Å²) in [4.78, 5) is 1.90. The molecule has 0 aromatic heterocycles. The van der Waals surface area contributed by atoms with Gasteiger partial charge in [-0.15, -0.1) is 0 Å². The van der Waals surface area contributed by atoms with Gasteiger partial charge in [0.1, 0.15) is 23.5 Å². The molecule has 2 unspecified atom stereocenters. The zero-order valence-corrected chi connectivity index (χ0v) is 20.7. The molecule has 2 aromatic carbocycles. The van der Waals surface area contributed by atoms with Crippen molar-refractivity contribution in [1.29, 1.82) is 5.41 Å². The fourth-order valence-corrected chi connectivity index (χ4v) is 5.74. The predicted molar refractivity (Wildman–Crippen MR) is 130 cm³/mol. The van der Waals surface area contributed by atoms with Gasteiger partial charge in [0.2, 0.25) is 0 Å². The zero-order chi connectivity index (χ0) is 24.0. The topological polar surface area (TPSA) is 48.4 Å². The van der Waals surface area contributed by atoms with Gasteiger partial charge in [0.15, 0.2) is 0 Å². The maximum Gasteiger partial charge on any atom is 0.132 e. The number of alkyl halides is 1. The molecule has 3 atom stereocenters. The largest absolute Gasteiger partial charge is 0.360 e. The van der Waals surface area contributed by atoms with E-state index >= 15 is 8.78 Å². The molecule has 8 heteroatoms. The number of benzene rings is 2. The lowest BCUT2D eigenvalue weighted by Crippen LogP contribution is -2.47. The van der Waals surface area contributed by atoms with E-state index in [1.807, 2.05) is 24.0 Å². The maximum absolute atomic E-state index is 15.2. The number of anilines is 1. The summed E-state index contributed by atoms with van der Waals surface area (Å²) >= 11 is 3.16. The number of hydrogen-bond donors (Lipinski definition) is 2. The van der Waals surface area contributed by atoms with Gasteiger partial charge in [-0.2, -0.15) is 0 Å². The molecule has 5 rings (SSSR count). The first kappa shape index (κ1) is 23.8. The Balaban J connectivity index is 1.62. The van der Waals surface area contributed by atoms with Crippen molar-refractivity contribution < 1.29 is 17.9 Å². The highest BCUT2D eigenvalue weighted by Gasteiger charge is 2.48. The third-order valence-corrected chi connectivity index (χ3v) is 7.76.